The molecule has 27 heavy (non-hydrogen) atoms. The fourth-order valence-electron chi connectivity index (χ4n) is 4.80. The number of hydrogen-bond acceptors (Lipinski definition) is 3. The van der Waals surface area contributed by atoms with Crippen LogP contribution in [0.3, 0.4) is 0 Å². The second-order valence-electron chi connectivity index (χ2n) is 8.80. The van der Waals surface area contributed by atoms with E-state index in [1.165, 1.54) is 0 Å². The van der Waals surface area contributed by atoms with Crippen LogP contribution in [0.2, 0.25) is 0 Å². The van der Waals surface area contributed by atoms with Gasteiger partial charge in [-0.3, -0.25) is 4.79 Å². The number of fused-ring (bicyclic) bond motifs is 1. The summed E-state index contributed by atoms with van der Waals surface area (Å²) >= 11 is 0. The molecule has 0 saturated carbocycles. The Bertz CT molecular complexity index is 776. The molecule has 0 radical (unpaired) electrons. The first-order chi connectivity index (χ1) is 12.9. The van der Waals surface area contributed by atoms with Crippen LogP contribution in [0, 0.1) is 11.3 Å². The maximum atomic E-state index is 12.6. The first kappa shape index (κ1) is 18.2. The standard InChI is InChI=1S/C22H29N3O2/c1-22(2)14-24-20(22)15-7-9-25(10-8-15)21(27)23-13-17-12-18(26)11-16-5-3-4-6-19(16)17/h3-6,12,15,20,24H,7-11,13-14H2,1-2H3,(H,23,27). The van der Waals surface area contributed by atoms with E-state index in [0.717, 1.165) is 49.2 Å². The van der Waals surface area contributed by atoms with Gasteiger partial charge in [0.15, 0.2) is 5.78 Å². The fraction of sp³-hybridized carbons (Fsp3) is 0.545. The zero-order valence-corrected chi connectivity index (χ0v) is 16.3. The van der Waals surface area contributed by atoms with E-state index in [0.29, 0.717) is 30.3 Å². The molecule has 1 unspecified atom stereocenters. The second-order valence-corrected chi connectivity index (χ2v) is 8.80. The Morgan fingerprint density at radius 2 is 2.00 bits per heavy atom. The summed E-state index contributed by atoms with van der Waals surface area (Å²) in [6, 6.07) is 8.51. The molecule has 2 aliphatic heterocycles. The molecule has 144 valence electrons. The fourth-order valence-corrected chi connectivity index (χ4v) is 4.80. The van der Waals surface area contributed by atoms with Gasteiger partial charge in [-0.15, -0.1) is 0 Å². The first-order valence-corrected chi connectivity index (χ1v) is 10.0. The lowest BCUT2D eigenvalue weighted by Gasteiger charge is -2.51. The Labute approximate surface area is 161 Å². The van der Waals surface area contributed by atoms with Crippen LogP contribution in [0.5, 0.6) is 0 Å². The molecule has 1 aromatic rings. The number of hydrogen-bond donors (Lipinski definition) is 2. The molecule has 1 atom stereocenters. The van der Waals surface area contributed by atoms with Crippen LogP contribution in [0.4, 0.5) is 4.79 Å². The number of carbonyl (C=O) groups excluding carboxylic acids is 2. The molecule has 2 fully saturated rings. The normalized spacial score (nSPS) is 24.7. The highest BCUT2D eigenvalue weighted by atomic mass is 16.2. The summed E-state index contributed by atoms with van der Waals surface area (Å²) in [5, 5.41) is 6.60. The average molecular weight is 367 g/mol. The number of likely N-dealkylation sites (tertiary alicyclic amines) is 1. The van der Waals surface area contributed by atoms with Crippen molar-refractivity contribution in [3.05, 3.63) is 41.5 Å². The Morgan fingerprint density at radius 3 is 2.67 bits per heavy atom. The van der Waals surface area contributed by atoms with Crippen molar-refractivity contribution in [2.75, 3.05) is 26.2 Å². The van der Waals surface area contributed by atoms with Crippen molar-refractivity contribution >= 4 is 17.4 Å². The van der Waals surface area contributed by atoms with Gasteiger partial charge < -0.3 is 15.5 Å². The van der Waals surface area contributed by atoms with E-state index in [1.807, 2.05) is 29.2 Å². The van der Waals surface area contributed by atoms with E-state index < -0.39 is 0 Å². The molecule has 0 aromatic heterocycles. The molecular formula is C22H29N3O2. The maximum absolute atomic E-state index is 12.6. The highest BCUT2D eigenvalue weighted by Gasteiger charge is 2.43. The Balaban J connectivity index is 1.31. The van der Waals surface area contributed by atoms with Gasteiger partial charge in [-0.2, -0.15) is 0 Å². The number of amides is 2. The molecule has 5 nitrogen and oxygen atoms in total. The molecule has 2 saturated heterocycles. The number of rotatable bonds is 3. The van der Waals surface area contributed by atoms with Crippen molar-refractivity contribution in [3.8, 4) is 0 Å². The van der Waals surface area contributed by atoms with Gasteiger partial charge in [0.1, 0.15) is 0 Å². The van der Waals surface area contributed by atoms with Gasteiger partial charge in [0, 0.05) is 38.6 Å². The number of carbonyl (C=O) groups is 2. The van der Waals surface area contributed by atoms with Crippen LogP contribution < -0.4 is 10.6 Å². The second kappa shape index (κ2) is 7.12. The van der Waals surface area contributed by atoms with Crippen LogP contribution in [0.1, 0.15) is 37.8 Å². The van der Waals surface area contributed by atoms with E-state index in [4.69, 9.17) is 0 Å². The summed E-state index contributed by atoms with van der Waals surface area (Å²) in [5.41, 5.74) is 3.41. The van der Waals surface area contributed by atoms with Gasteiger partial charge in [0.05, 0.1) is 0 Å². The molecule has 0 spiro atoms. The Hall–Kier alpha value is -2.14. The molecule has 2 heterocycles. The van der Waals surface area contributed by atoms with E-state index in [1.54, 1.807) is 6.08 Å². The molecular weight excluding hydrogens is 338 g/mol. The third-order valence-electron chi connectivity index (χ3n) is 6.41. The first-order valence-electron chi connectivity index (χ1n) is 10.0. The third-order valence-corrected chi connectivity index (χ3v) is 6.41. The minimum atomic E-state index is -0.0225. The van der Waals surface area contributed by atoms with E-state index in [-0.39, 0.29) is 11.8 Å². The zero-order valence-electron chi connectivity index (χ0n) is 16.3. The van der Waals surface area contributed by atoms with Gasteiger partial charge in [-0.1, -0.05) is 38.1 Å². The molecule has 3 aliphatic rings. The van der Waals surface area contributed by atoms with Crippen molar-refractivity contribution in [1.29, 1.82) is 0 Å². The van der Waals surface area contributed by atoms with Crippen molar-refractivity contribution in [1.82, 2.24) is 15.5 Å². The summed E-state index contributed by atoms with van der Waals surface area (Å²) in [6.45, 7) is 7.75. The Morgan fingerprint density at radius 1 is 1.26 bits per heavy atom. The van der Waals surface area contributed by atoms with E-state index in [9.17, 15) is 9.59 Å². The summed E-state index contributed by atoms with van der Waals surface area (Å²) in [4.78, 5) is 26.5. The predicted octanol–water partition coefficient (Wildman–Crippen LogP) is 2.61. The molecule has 2 N–H and O–H groups in total. The Kier molecular flexibility index (Phi) is 4.81. The van der Waals surface area contributed by atoms with Crippen LogP contribution in [-0.4, -0.2) is 48.9 Å². The minimum Gasteiger partial charge on any atom is -0.334 e. The van der Waals surface area contributed by atoms with Gasteiger partial charge in [0.25, 0.3) is 0 Å². The number of urea groups is 1. The minimum absolute atomic E-state index is 0.0225. The largest absolute Gasteiger partial charge is 0.334 e. The predicted molar refractivity (Wildman–Crippen MR) is 106 cm³/mol. The van der Waals surface area contributed by atoms with Gasteiger partial charge in [-0.25, -0.2) is 4.79 Å². The number of ketones is 1. The van der Waals surface area contributed by atoms with Crippen LogP contribution in [-0.2, 0) is 11.2 Å². The number of nitrogens with one attached hydrogen (secondary N) is 2. The molecule has 1 aliphatic carbocycles. The highest BCUT2D eigenvalue weighted by Crippen LogP contribution is 2.37. The summed E-state index contributed by atoms with van der Waals surface area (Å²) in [6.07, 6.45) is 4.24. The lowest BCUT2D eigenvalue weighted by molar-refractivity contribution is -0.114. The van der Waals surface area contributed by atoms with Crippen LogP contribution in [0.15, 0.2) is 30.3 Å². The SMILES string of the molecule is CC1(C)CNC1C1CCN(C(=O)NCC2=CC(=O)Cc3ccccc32)CC1. The number of nitrogens with zero attached hydrogens (tertiary/aromatic N) is 1. The van der Waals surface area contributed by atoms with E-state index in [2.05, 4.69) is 24.5 Å². The smallest absolute Gasteiger partial charge is 0.317 e. The summed E-state index contributed by atoms with van der Waals surface area (Å²) in [7, 11) is 0. The maximum Gasteiger partial charge on any atom is 0.317 e. The van der Waals surface area contributed by atoms with Crippen molar-refractivity contribution in [3.63, 3.8) is 0 Å². The molecule has 5 heteroatoms. The highest BCUT2D eigenvalue weighted by molar-refractivity contribution is 6.02. The van der Waals surface area contributed by atoms with Crippen molar-refractivity contribution < 1.29 is 9.59 Å². The molecule has 0 bridgehead atoms. The molecule has 1 aromatic carbocycles. The summed E-state index contributed by atoms with van der Waals surface area (Å²) in [5.74, 6) is 0.762. The van der Waals surface area contributed by atoms with Crippen LogP contribution in [0.25, 0.3) is 5.57 Å². The lowest BCUT2D eigenvalue weighted by Crippen LogP contribution is -2.64. The average Bonchev–Trinajstić information content (AvgIpc) is 2.65. The monoisotopic (exact) mass is 367 g/mol. The third kappa shape index (κ3) is 3.65. The van der Waals surface area contributed by atoms with E-state index >= 15 is 0 Å². The zero-order chi connectivity index (χ0) is 19.0. The summed E-state index contributed by atoms with van der Waals surface area (Å²) < 4.78 is 0. The van der Waals surface area contributed by atoms with Crippen LogP contribution >= 0.6 is 0 Å². The molecule has 2 amide bonds. The van der Waals surface area contributed by atoms with Crippen molar-refractivity contribution in [2.45, 2.75) is 39.2 Å². The van der Waals surface area contributed by atoms with Crippen molar-refractivity contribution in [2.24, 2.45) is 11.3 Å². The number of piperidine rings is 1. The topological polar surface area (TPSA) is 61.4 Å². The number of benzene rings is 1. The quantitative estimate of drug-likeness (QED) is 0.863. The molecule has 4 rings (SSSR count). The van der Waals surface area contributed by atoms with Gasteiger partial charge >= 0.3 is 6.03 Å². The lowest BCUT2D eigenvalue weighted by atomic mass is 9.68. The van der Waals surface area contributed by atoms with Gasteiger partial charge in [0.2, 0.25) is 0 Å². The number of allylic oxidation sites excluding steroid dienone is 1. The van der Waals surface area contributed by atoms with Gasteiger partial charge in [-0.05, 0) is 47.0 Å².